The van der Waals surface area contributed by atoms with Crippen molar-refractivity contribution in [3.8, 4) is 0 Å². The molecule has 0 heterocycles. The minimum atomic E-state index is -0.497. The normalized spacial score (nSPS) is 13.4. The fraction of sp³-hybridized carbons (Fsp3) is 0.467. The van der Waals surface area contributed by atoms with Gasteiger partial charge in [-0.05, 0) is 38.8 Å². The second kappa shape index (κ2) is 7.05. The Morgan fingerprint density at radius 1 is 1.15 bits per heavy atom. The molecule has 1 rings (SSSR count). The first-order chi connectivity index (χ1) is 9.35. The van der Waals surface area contributed by atoms with Gasteiger partial charge in [0.25, 0.3) is 0 Å². The molecule has 0 radical (unpaired) electrons. The van der Waals surface area contributed by atoms with Crippen LogP contribution in [0.5, 0.6) is 0 Å². The minimum Gasteiger partial charge on any atom is -0.341 e. The molecule has 0 spiro atoms. The van der Waals surface area contributed by atoms with Crippen LogP contribution in [0.2, 0.25) is 0 Å². The average molecular weight is 277 g/mol. The lowest BCUT2D eigenvalue weighted by Gasteiger charge is -2.21. The zero-order valence-electron chi connectivity index (χ0n) is 12.7. The molecule has 3 amide bonds. The SMILES string of the molecule is CNC(=O)NC(=O)[C@H](C)N[C@H](C)c1cc(C)ccc1C. The summed E-state index contributed by atoms with van der Waals surface area (Å²) >= 11 is 0. The maximum absolute atomic E-state index is 11.8. The Hall–Kier alpha value is -1.88. The molecule has 1 aromatic rings. The van der Waals surface area contributed by atoms with E-state index in [1.807, 2.05) is 20.8 Å². The van der Waals surface area contributed by atoms with E-state index in [4.69, 9.17) is 0 Å². The summed E-state index contributed by atoms with van der Waals surface area (Å²) in [7, 11) is 1.47. The highest BCUT2D eigenvalue weighted by molar-refractivity contribution is 5.96. The molecule has 1 aromatic carbocycles. The van der Waals surface area contributed by atoms with E-state index in [2.05, 4.69) is 34.1 Å². The van der Waals surface area contributed by atoms with Crippen molar-refractivity contribution in [2.45, 2.75) is 39.8 Å². The molecule has 0 bridgehead atoms. The predicted molar refractivity (Wildman–Crippen MR) is 79.5 cm³/mol. The molecule has 0 fully saturated rings. The van der Waals surface area contributed by atoms with E-state index in [0.717, 1.165) is 5.56 Å². The molecule has 0 saturated heterocycles. The van der Waals surface area contributed by atoms with Gasteiger partial charge in [-0.25, -0.2) is 4.79 Å². The monoisotopic (exact) mass is 277 g/mol. The molecule has 20 heavy (non-hydrogen) atoms. The zero-order chi connectivity index (χ0) is 15.3. The third-order valence-electron chi connectivity index (χ3n) is 3.26. The number of benzene rings is 1. The van der Waals surface area contributed by atoms with Gasteiger partial charge in [-0.15, -0.1) is 0 Å². The van der Waals surface area contributed by atoms with E-state index < -0.39 is 12.1 Å². The maximum atomic E-state index is 11.8. The van der Waals surface area contributed by atoms with Crippen LogP contribution in [0.25, 0.3) is 0 Å². The number of aryl methyl sites for hydroxylation is 2. The van der Waals surface area contributed by atoms with Gasteiger partial charge in [-0.3, -0.25) is 15.4 Å². The van der Waals surface area contributed by atoms with Crippen LogP contribution in [0, 0.1) is 13.8 Å². The van der Waals surface area contributed by atoms with Crippen molar-refractivity contribution in [2.24, 2.45) is 0 Å². The van der Waals surface area contributed by atoms with Gasteiger partial charge in [-0.1, -0.05) is 23.8 Å². The molecule has 2 atom stereocenters. The Morgan fingerprint density at radius 2 is 1.80 bits per heavy atom. The van der Waals surface area contributed by atoms with Crippen molar-refractivity contribution in [1.82, 2.24) is 16.0 Å². The first-order valence-electron chi connectivity index (χ1n) is 6.71. The fourth-order valence-corrected chi connectivity index (χ4v) is 2.05. The number of nitrogens with one attached hydrogen (secondary N) is 3. The summed E-state index contributed by atoms with van der Waals surface area (Å²) in [6, 6.07) is 5.31. The largest absolute Gasteiger partial charge is 0.341 e. The lowest BCUT2D eigenvalue weighted by atomic mass is 9.99. The molecule has 5 nitrogen and oxygen atoms in total. The number of amides is 3. The first-order valence-corrected chi connectivity index (χ1v) is 6.71. The van der Waals surface area contributed by atoms with Gasteiger partial charge in [0.05, 0.1) is 6.04 Å². The number of rotatable bonds is 4. The zero-order valence-corrected chi connectivity index (χ0v) is 12.7. The number of carbonyl (C=O) groups is 2. The highest BCUT2D eigenvalue weighted by atomic mass is 16.2. The quantitative estimate of drug-likeness (QED) is 0.786. The van der Waals surface area contributed by atoms with E-state index in [0.29, 0.717) is 0 Å². The number of carbonyl (C=O) groups excluding carboxylic acids is 2. The maximum Gasteiger partial charge on any atom is 0.321 e. The van der Waals surface area contributed by atoms with Crippen LogP contribution in [0.3, 0.4) is 0 Å². The topological polar surface area (TPSA) is 70.2 Å². The predicted octanol–water partition coefficient (Wildman–Crippen LogP) is 1.80. The van der Waals surface area contributed by atoms with Gasteiger partial charge in [0.2, 0.25) is 5.91 Å². The van der Waals surface area contributed by atoms with Crippen molar-refractivity contribution in [3.05, 3.63) is 34.9 Å². The summed E-state index contributed by atoms with van der Waals surface area (Å²) in [6.45, 7) is 7.82. The summed E-state index contributed by atoms with van der Waals surface area (Å²) < 4.78 is 0. The Kier molecular flexibility index (Phi) is 5.70. The standard InChI is InChI=1S/C15H23N3O2/c1-9-6-7-10(2)13(8-9)11(3)17-12(4)14(19)18-15(20)16-5/h6-8,11-12,17H,1-5H3,(H2,16,18,19,20)/t11-,12+/m1/s1. The summed E-state index contributed by atoms with van der Waals surface area (Å²) in [5.74, 6) is -0.346. The highest BCUT2D eigenvalue weighted by Gasteiger charge is 2.18. The van der Waals surface area contributed by atoms with Crippen LogP contribution in [-0.4, -0.2) is 25.0 Å². The Balaban J connectivity index is 2.70. The molecule has 0 unspecified atom stereocenters. The van der Waals surface area contributed by atoms with Crippen LogP contribution in [0.15, 0.2) is 18.2 Å². The molecular formula is C15H23N3O2. The molecule has 0 aliphatic carbocycles. The van der Waals surface area contributed by atoms with E-state index in [1.165, 1.54) is 18.2 Å². The van der Waals surface area contributed by atoms with Gasteiger partial charge < -0.3 is 5.32 Å². The Bertz CT molecular complexity index is 500. The van der Waals surface area contributed by atoms with E-state index >= 15 is 0 Å². The Labute approximate surface area is 120 Å². The summed E-state index contributed by atoms with van der Waals surface area (Å²) in [5, 5.41) is 7.82. The molecule has 0 aliphatic heterocycles. The number of imide groups is 1. The molecule has 5 heteroatoms. The van der Waals surface area contributed by atoms with Crippen molar-refractivity contribution in [2.75, 3.05) is 7.05 Å². The highest BCUT2D eigenvalue weighted by Crippen LogP contribution is 2.19. The van der Waals surface area contributed by atoms with Gasteiger partial charge in [0, 0.05) is 13.1 Å². The van der Waals surface area contributed by atoms with E-state index in [-0.39, 0.29) is 11.9 Å². The average Bonchev–Trinajstić information content (AvgIpc) is 2.40. The summed E-state index contributed by atoms with van der Waals surface area (Å²) in [5.41, 5.74) is 3.51. The minimum absolute atomic E-state index is 0.0281. The summed E-state index contributed by atoms with van der Waals surface area (Å²) in [6.07, 6.45) is 0. The third kappa shape index (κ3) is 4.35. The molecular weight excluding hydrogens is 254 g/mol. The molecule has 0 aromatic heterocycles. The lowest BCUT2D eigenvalue weighted by Crippen LogP contribution is -2.47. The van der Waals surface area contributed by atoms with Crippen LogP contribution < -0.4 is 16.0 Å². The first kappa shape index (κ1) is 16.2. The number of hydrogen-bond donors (Lipinski definition) is 3. The van der Waals surface area contributed by atoms with Crippen molar-refractivity contribution < 1.29 is 9.59 Å². The Morgan fingerprint density at radius 3 is 2.40 bits per heavy atom. The second-order valence-corrected chi connectivity index (χ2v) is 5.04. The molecule has 0 saturated carbocycles. The van der Waals surface area contributed by atoms with Gasteiger partial charge in [-0.2, -0.15) is 0 Å². The van der Waals surface area contributed by atoms with Crippen LogP contribution in [0.4, 0.5) is 4.79 Å². The smallest absolute Gasteiger partial charge is 0.321 e. The summed E-state index contributed by atoms with van der Waals surface area (Å²) in [4.78, 5) is 22.9. The molecule has 3 N–H and O–H groups in total. The number of urea groups is 1. The van der Waals surface area contributed by atoms with Crippen molar-refractivity contribution in [3.63, 3.8) is 0 Å². The van der Waals surface area contributed by atoms with Gasteiger partial charge >= 0.3 is 6.03 Å². The molecule has 0 aliphatic rings. The van der Waals surface area contributed by atoms with Crippen molar-refractivity contribution in [1.29, 1.82) is 0 Å². The van der Waals surface area contributed by atoms with E-state index in [1.54, 1.807) is 6.92 Å². The van der Waals surface area contributed by atoms with Crippen LogP contribution in [-0.2, 0) is 4.79 Å². The van der Waals surface area contributed by atoms with E-state index in [9.17, 15) is 9.59 Å². The molecule has 110 valence electrons. The van der Waals surface area contributed by atoms with Crippen LogP contribution in [0.1, 0.15) is 36.6 Å². The van der Waals surface area contributed by atoms with Crippen molar-refractivity contribution >= 4 is 11.9 Å². The van der Waals surface area contributed by atoms with Crippen LogP contribution >= 0.6 is 0 Å². The lowest BCUT2D eigenvalue weighted by molar-refractivity contribution is -0.121. The fourth-order valence-electron chi connectivity index (χ4n) is 2.05. The third-order valence-corrected chi connectivity index (χ3v) is 3.26. The van der Waals surface area contributed by atoms with Gasteiger partial charge in [0.15, 0.2) is 0 Å². The number of hydrogen-bond acceptors (Lipinski definition) is 3. The van der Waals surface area contributed by atoms with Gasteiger partial charge in [0.1, 0.15) is 0 Å². The second-order valence-electron chi connectivity index (χ2n) is 5.04.